The van der Waals surface area contributed by atoms with E-state index in [4.69, 9.17) is 10.6 Å². The molecule has 0 radical (unpaired) electrons. The highest BCUT2D eigenvalue weighted by atomic mass is 16.5. The molecule has 17 heavy (non-hydrogen) atoms. The lowest BCUT2D eigenvalue weighted by atomic mass is 10.0. The molecule has 0 heterocycles. The third-order valence-corrected chi connectivity index (χ3v) is 3.03. The van der Waals surface area contributed by atoms with Crippen LogP contribution in [0.3, 0.4) is 0 Å². The van der Waals surface area contributed by atoms with Gasteiger partial charge in [0.15, 0.2) is 0 Å². The Morgan fingerprint density at radius 3 is 2.47 bits per heavy atom. The normalized spacial score (nSPS) is 14.5. The van der Waals surface area contributed by atoms with Crippen LogP contribution in [0, 0.1) is 0 Å². The molecule has 0 saturated carbocycles. The van der Waals surface area contributed by atoms with Gasteiger partial charge in [-0.15, -0.1) is 0 Å². The van der Waals surface area contributed by atoms with Gasteiger partial charge in [0.05, 0.1) is 6.10 Å². The molecule has 3 heteroatoms. The van der Waals surface area contributed by atoms with Crippen LogP contribution < -0.4 is 11.3 Å². The third kappa shape index (κ3) is 4.86. The van der Waals surface area contributed by atoms with Gasteiger partial charge in [-0.2, -0.15) is 0 Å². The molecular weight excluding hydrogens is 212 g/mol. The summed E-state index contributed by atoms with van der Waals surface area (Å²) < 4.78 is 5.69. The highest BCUT2D eigenvalue weighted by molar-refractivity contribution is 5.14. The lowest BCUT2D eigenvalue weighted by Crippen LogP contribution is -2.45. The number of nitrogens with two attached hydrogens (primary N) is 1. The van der Waals surface area contributed by atoms with Crippen LogP contribution in [-0.4, -0.2) is 18.8 Å². The van der Waals surface area contributed by atoms with Crippen LogP contribution in [-0.2, 0) is 11.2 Å². The van der Waals surface area contributed by atoms with Crippen LogP contribution in [0.25, 0.3) is 0 Å². The highest BCUT2D eigenvalue weighted by Gasteiger charge is 2.18. The monoisotopic (exact) mass is 236 g/mol. The van der Waals surface area contributed by atoms with Crippen molar-refractivity contribution in [2.24, 2.45) is 5.84 Å². The second-order valence-electron chi connectivity index (χ2n) is 4.20. The summed E-state index contributed by atoms with van der Waals surface area (Å²) in [5.41, 5.74) is 4.23. The number of hydrazine groups is 1. The summed E-state index contributed by atoms with van der Waals surface area (Å²) >= 11 is 0. The largest absolute Gasteiger partial charge is 0.377 e. The summed E-state index contributed by atoms with van der Waals surface area (Å²) in [4.78, 5) is 0. The van der Waals surface area contributed by atoms with E-state index in [0.717, 1.165) is 25.9 Å². The van der Waals surface area contributed by atoms with Gasteiger partial charge < -0.3 is 4.74 Å². The van der Waals surface area contributed by atoms with Crippen LogP contribution in [0.2, 0.25) is 0 Å². The Morgan fingerprint density at radius 2 is 1.94 bits per heavy atom. The zero-order valence-electron chi connectivity index (χ0n) is 10.9. The molecule has 0 aliphatic rings. The maximum absolute atomic E-state index is 5.69. The first-order valence-corrected chi connectivity index (χ1v) is 6.43. The van der Waals surface area contributed by atoms with E-state index >= 15 is 0 Å². The number of rotatable bonds is 8. The van der Waals surface area contributed by atoms with Gasteiger partial charge in [-0.1, -0.05) is 37.3 Å². The van der Waals surface area contributed by atoms with Crippen molar-refractivity contribution in [3.05, 3.63) is 35.9 Å². The van der Waals surface area contributed by atoms with Crippen molar-refractivity contribution >= 4 is 0 Å². The molecule has 0 saturated heterocycles. The third-order valence-electron chi connectivity index (χ3n) is 3.03. The molecule has 1 rings (SSSR count). The Balaban J connectivity index is 2.46. The minimum absolute atomic E-state index is 0.203. The maximum atomic E-state index is 5.69. The van der Waals surface area contributed by atoms with E-state index in [1.807, 2.05) is 13.0 Å². The smallest absolute Gasteiger partial charge is 0.0738 e. The Labute approximate surface area is 104 Å². The Bertz CT molecular complexity index is 290. The number of ether oxygens (including phenoxy) is 1. The first-order chi connectivity index (χ1) is 8.31. The van der Waals surface area contributed by atoms with Crippen molar-refractivity contribution in [3.63, 3.8) is 0 Å². The SMILES string of the molecule is CCOC(CC)C(CCc1ccccc1)NN. The minimum atomic E-state index is 0.203. The van der Waals surface area contributed by atoms with Crippen molar-refractivity contribution in [2.75, 3.05) is 6.61 Å². The first-order valence-electron chi connectivity index (χ1n) is 6.43. The average molecular weight is 236 g/mol. The molecule has 0 aromatic heterocycles. The van der Waals surface area contributed by atoms with Crippen LogP contribution in [0.5, 0.6) is 0 Å². The van der Waals surface area contributed by atoms with Gasteiger partial charge >= 0.3 is 0 Å². The molecule has 0 bridgehead atoms. The van der Waals surface area contributed by atoms with Crippen LogP contribution in [0.15, 0.2) is 30.3 Å². The van der Waals surface area contributed by atoms with E-state index in [0.29, 0.717) is 0 Å². The van der Waals surface area contributed by atoms with Gasteiger partial charge in [-0.3, -0.25) is 11.3 Å². The van der Waals surface area contributed by atoms with Crippen LogP contribution in [0.1, 0.15) is 32.3 Å². The van der Waals surface area contributed by atoms with Crippen molar-refractivity contribution in [1.82, 2.24) is 5.43 Å². The van der Waals surface area contributed by atoms with Gasteiger partial charge in [-0.25, -0.2) is 0 Å². The lowest BCUT2D eigenvalue weighted by molar-refractivity contribution is 0.0297. The molecule has 1 aromatic carbocycles. The summed E-state index contributed by atoms with van der Waals surface area (Å²) in [5, 5.41) is 0. The second kappa shape index (κ2) is 8.23. The summed E-state index contributed by atoms with van der Waals surface area (Å²) in [5.74, 6) is 5.61. The zero-order valence-corrected chi connectivity index (χ0v) is 10.9. The number of hydrogen-bond donors (Lipinski definition) is 2. The van der Waals surface area contributed by atoms with Crippen LogP contribution in [0.4, 0.5) is 0 Å². The molecule has 1 aromatic rings. The molecule has 2 unspecified atom stereocenters. The van der Waals surface area contributed by atoms with E-state index in [-0.39, 0.29) is 12.1 Å². The van der Waals surface area contributed by atoms with E-state index in [2.05, 4.69) is 36.6 Å². The summed E-state index contributed by atoms with van der Waals surface area (Å²) in [7, 11) is 0. The fourth-order valence-electron chi connectivity index (χ4n) is 2.08. The predicted molar refractivity (Wildman–Crippen MR) is 71.6 cm³/mol. The molecule has 0 aliphatic carbocycles. The Hall–Kier alpha value is -0.900. The number of benzene rings is 1. The Kier molecular flexibility index (Phi) is 6.86. The lowest BCUT2D eigenvalue weighted by Gasteiger charge is -2.25. The van der Waals surface area contributed by atoms with Gasteiger partial charge in [0.2, 0.25) is 0 Å². The minimum Gasteiger partial charge on any atom is -0.377 e. The van der Waals surface area contributed by atoms with E-state index in [1.165, 1.54) is 5.56 Å². The molecule has 0 fully saturated rings. The van der Waals surface area contributed by atoms with E-state index < -0.39 is 0 Å². The topological polar surface area (TPSA) is 47.3 Å². The molecule has 0 amide bonds. The molecule has 0 aliphatic heterocycles. The van der Waals surface area contributed by atoms with E-state index in [1.54, 1.807) is 0 Å². The quantitative estimate of drug-likeness (QED) is 0.537. The average Bonchev–Trinajstić information content (AvgIpc) is 2.39. The number of aryl methyl sites for hydroxylation is 1. The summed E-state index contributed by atoms with van der Waals surface area (Å²) in [6.45, 7) is 4.89. The molecule has 96 valence electrons. The first kappa shape index (κ1) is 14.2. The second-order valence-corrected chi connectivity index (χ2v) is 4.20. The van der Waals surface area contributed by atoms with Gasteiger partial charge in [0.25, 0.3) is 0 Å². The fraction of sp³-hybridized carbons (Fsp3) is 0.571. The highest BCUT2D eigenvalue weighted by Crippen LogP contribution is 2.11. The Morgan fingerprint density at radius 1 is 1.24 bits per heavy atom. The standard InChI is InChI=1S/C14H24N2O/c1-3-14(17-4-2)13(16-15)11-10-12-8-6-5-7-9-12/h5-9,13-14,16H,3-4,10-11,15H2,1-2H3. The number of hydrogen-bond acceptors (Lipinski definition) is 3. The molecular formula is C14H24N2O. The van der Waals surface area contributed by atoms with Gasteiger partial charge in [0, 0.05) is 12.6 Å². The van der Waals surface area contributed by atoms with Crippen molar-refractivity contribution in [2.45, 2.75) is 45.3 Å². The van der Waals surface area contributed by atoms with Crippen molar-refractivity contribution < 1.29 is 4.74 Å². The fourth-order valence-corrected chi connectivity index (χ4v) is 2.08. The molecule has 2 atom stereocenters. The predicted octanol–water partition coefficient (Wildman–Crippen LogP) is 2.27. The van der Waals surface area contributed by atoms with Gasteiger partial charge in [0.1, 0.15) is 0 Å². The van der Waals surface area contributed by atoms with Crippen molar-refractivity contribution in [1.29, 1.82) is 0 Å². The molecule has 0 spiro atoms. The van der Waals surface area contributed by atoms with Crippen LogP contribution >= 0.6 is 0 Å². The summed E-state index contributed by atoms with van der Waals surface area (Å²) in [6.07, 6.45) is 3.21. The maximum Gasteiger partial charge on any atom is 0.0738 e. The summed E-state index contributed by atoms with van der Waals surface area (Å²) in [6, 6.07) is 10.7. The van der Waals surface area contributed by atoms with Crippen molar-refractivity contribution in [3.8, 4) is 0 Å². The van der Waals surface area contributed by atoms with E-state index in [9.17, 15) is 0 Å². The molecule has 3 nitrogen and oxygen atoms in total. The van der Waals surface area contributed by atoms with Gasteiger partial charge in [-0.05, 0) is 31.7 Å². The number of nitrogens with one attached hydrogen (secondary N) is 1. The zero-order chi connectivity index (χ0) is 12.5. The molecule has 3 N–H and O–H groups in total.